The number of carbonyl (C=O) groups excluding carboxylic acids is 2. The van der Waals surface area contributed by atoms with Crippen molar-refractivity contribution in [2.24, 2.45) is 5.92 Å². The molecule has 0 aliphatic carbocycles. The van der Waals surface area contributed by atoms with E-state index in [1.54, 1.807) is 24.3 Å². The van der Waals surface area contributed by atoms with Crippen molar-refractivity contribution in [2.75, 3.05) is 10.6 Å². The SMILES string of the molecule is CC[C@H](C)[C@@H](NC(=O)Nc1cccc(F)c1)C(=O)Nc1nnc(-c2cccc(Cl)c2)s1. The number of nitrogens with zero attached hydrogens (tertiary/aromatic N) is 2. The van der Waals surface area contributed by atoms with E-state index in [2.05, 4.69) is 26.1 Å². The van der Waals surface area contributed by atoms with Crippen LogP contribution in [0.4, 0.5) is 20.0 Å². The van der Waals surface area contributed by atoms with Gasteiger partial charge in [0.05, 0.1) is 0 Å². The number of carbonyl (C=O) groups is 2. The first-order valence-corrected chi connectivity index (χ1v) is 10.8. The van der Waals surface area contributed by atoms with Gasteiger partial charge in [0.25, 0.3) is 0 Å². The predicted molar refractivity (Wildman–Crippen MR) is 121 cm³/mol. The molecule has 0 aliphatic rings. The molecule has 3 aromatic rings. The molecule has 10 heteroatoms. The van der Waals surface area contributed by atoms with Crippen LogP contribution in [0.2, 0.25) is 5.02 Å². The molecular formula is C21H21ClFN5O2S. The molecule has 162 valence electrons. The minimum absolute atomic E-state index is 0.154. The lowest BCUT2D eigenvalue weighted by atomic mass is 9.98. The Labute approximate surface area is 188 Å². The minimum atomic E-state index is -0.822. The van der Waals surface area contributed by atoms with Gasteiger partial charge in [-0.05, 0) is 36.2 Å². The Morgan fingerprint density at radius 1 is 1.13 bits per heavy atom. The topological polar surface area (TPSA) is 96.0 Å². The molecule has 2 atom stereocenters. The van der Waals surface area contributed by atoms with E-state index in [1.807, 2.05) is 19.9 Å². The molecule has 0 saturated heterocycles. The van der Waals surface area contributed by atoms with E-state index >= 15 is 0 Å². The van der Waals surface area contributed by atoms with Crippen LogP contribution in [0.3, 0.4) is 0 Å². The average Bonchev–Trinajstić information content (AvgIpc) is 3.20. The number of urea groups is 1. The van der Waals surface area contributed by atoms with Crippen molar-refractivity contribution in [3.63, 3.8) is 0 Å². The Hall–Kier alpha value is -3.04. The molecule has 3 rings (SSSR count). The zero-order valence-electron chi connectivity index (χ0n) is 16.9. The number of hydrogen-bond acceptors (Lipinski definition) is 5. The molecule has 0 bridgehead atoms. The highest BCUT2D eigenvalue weighted by molar-refractivity contribution is 7.18. The Morgan fingerprint density at radius 3 is 2.61 bits per heavy atom. The van der Waals surface area contributed by atoms with Gasteiger partial charge in [-0.1, -0.05) is 61.4 Å². The third kappa shape index (κ3) is 6.22. The molecule has 2 aromatic carbocycles. The molecule has 0 spiro atoms. The molecule has 3 N–H and O–H groups in total. The summed E-state index contributed by atoms with van der Waals surface area (Å²) in [5.41, 5.74) is 1.08. The highest BCUT2D eigenvalue weighted by Crippen LogP contribution is 2.28. The lowest BCUT2D eigenvalue weighted by Crippen LogP contribution is -2.49. The molecule has 1 aromatic heterocycles. The highest BCUT2D eigenvalue weighted by Gasteiger charge is 2.27. The smallest absolute Gasteiger partial charge is 0.319 e. The van der Waals surface area contributed by atoms with E-state index < -0.39 is 23.8 Å². The molecule has 7 nitrogen and oxygen atoms in total. The quantitative estimate of drug-likeness (QED) is 0.452. The standard InChI is InChI=1S/C21H21ClFN5O2S/c1-3-12(2)17(25-20(30)24-16-9-5-8-15(23)11-16)18(29)26-21-28-27-19(31-21)13-6-4-7-14(22)10-13/h4-12,17H,3H2,1-2H3,(H2,24,25,30)(H,26,28,29)/t12-,17+/m0/s1. The van der Waals surface area contributed by atoms with Crippen LogP contribution in [0, 0.1) is 11.7 Å². The summed E-state index contributed by atoms with van der Waals surface area (Å²) in [5, 5.41) is 17.5. The van der Waals surface area contributed by atoms with Crippen molar-refractivity contribution < 1.29 is 14.0 Å². The average molecular weight is 462 g/mol. The Bertz CT molecular complexity index is 1080. The third-order valence-corrected chi connectivity index (χ3v) is 5.71. The number of halogens is 2. The Morgan fingerprint density at radius 2 is 1.90 bits per heavy atom. The van der Waals surface area contributed by atoms with Gasteiger partial charge in [-0.2, -0.15) is 0 Å². The molecule has 31 heavy (non-hydrogen) atoms. The summed E-state index contributed by atoms with van der Waals surface area (Å²) in [4.78, 5) is 25.2. The van der Waals surface area contributed by atoms with Gasteiger partial charge in [-0.15, -0.1) is 10.2 Å². The summed E-state index contributed by atoms with van der Waals surface area (Å²) in [6.07, 6.45) is 0.655. The van der Waals surface area contributed by atoms with Gasteiger partial charge in [0, 0.05) is 16.3 Å². The first-order valence-electron chi connectivity index (χ1n) is 9.59. The fraction of sp³-hybridized carbons (Fsp3) is 0.238. The number of hydrogen-bond donors (Lipinski definition) is 3. The van der Waals surface area contributed by atoms with Crippen molar-refractivity contribution in [3.05, 3.63) is 59.4 Å². The van der Waals surface area contributed by atoms with Crippen LogP contribution in [0.5, 0.6) is 0 Å². The Kier molecular flexibility index (Phi) is 7.54. The zero-order valence-corrected chi connectivity index (χ0v) is 18.4. The molecule has 0 saturated carbocycles. The summed E-state index contributed by atoms with van der Waals surface area (Å²) >= 11 is 7.21. The van der Waals surface area contributed by atoms with Crippen LogP contribution < -0.4 is 16.0 Å². The van der Waals surface area contributed by atoms with E-state index in [1.165, 1.54) is 29.5 Å². The van der Waals surface area contributed by atoms with E-state index in [9.17, 15) is 14.0 Å². The van der Waals surface area contributed by atoms with Gasteiger partial charge in [0.15, 0.2) is 0 Å². The highest BCUT2D eigenvalue weighted by atomic mass is 35.5. The second kappa shape index (κ2) is 10.3. The van der Waals surface area contributed by atoms with E-state index in [4.69, 9.17) is 11.6 Å². The number of aromatic nitrogens is 2. The molecule has 0 radical (unpaired) electrons. The van der Waals surface area contributed by atoms with Crippen LogP contribution >= 0.6 is 22.9 Å². The summed E-state index contributed by atoms with van der Waals surface area (Å²) in [6, 6.07) is 11.2. The summed E-state index contributed by atoms with van der Waals surface area (Å²) in [7, 11) is 0. The van der Waals surface area contributed by atoms with Gasteiger partial charge in [0.1, 0.15) is 16.9 Å². The maximum Gasteiger partial charge on any atom is 0.319 e. The first-order chi connectivity index (χ1) is 14.9. The predicted octanol–water partition coefficient (Wildman–Crippen LogP) is 5.17. The van der Waals surface area contributed by atoms with Crippen LogP contribution in [0.1, 0.15) is 20.3 Å². The summed E-state index contributed by atoms with van der Waals surface area (Å²) in [6.45, 7) is 3.77. The molecule has 0 fully saturated rings. The van der Waals surface area contributed by atoms with E-state index in [0.717, 1.165) is 5.56 Å². The number of amides is 3. The number of benzene rings is 2. The second-order valence-corrected chi connectivity index (χ2v) is 8.30. The van der Waals surface area contributed by atoms with Crippen molar-refractivity contribution in [2.45, 2.75) is 26.3 Å². The number of nitrogens with one attached hydrogen (secondary N) is 3. The first kappa shape index (κ1) is 22.6. The van der Waals surface area contributed by atoms with Gasteiger partial charge < -0.3 is 10.6 Å². The molecular weight excluding hydrogens is 441 g/mol. The minimum Gasteiger partial charge on any atom is -0.326 e. The van der Waals surface area contributed by atoms with Crippen LogP contribution in [-0.2, 0) is 4.79 Å². The lowest BCUT2D eigenvalue weighted by molar-refractivity contribution is -0.119. The van der Waals surface area contributed by atoms with Crippen LogP contribution in [-0.4, -0.2) is 28.2 Å². The lowest BCUT2D eigenvalue weighted by Gasteiger charge is -2.23. The Balaban J connectivity index is 1.68. The largest absolute Gasteiger partial charge is 0.326 e. The van der Waals surface area contributed by atoms with Gasteiger partial charge in [-0.3, -0.25) is 10.1 Å². The summed E-state index contributed by atoms with van der Waals surface area (Å²) < 4.78 is 13.3. The zero-order chi connectivity index (χ0) is 22.4. The third-order valence-electron chi connectivity index (χ3n) is 4.59. The van der Waals surface area contributed by atoms with E-state index in [0.29, 0.717) is 21.6 Å². The maximum atomic E-state index is 13.3. The van der Waals surface area contributed by atoms with Crippen LogP contribution in [0.15, 0.2) is 48.5 Å². The van der Waals surface area contributed by atoms with Crippen molar-refractivity contribution in [1.82, 2.24) is 15.5 Å². The fourth-order valence-electron chi connectivity index (χ4n) is 2.77. The van der Waals surface area contributed by atoms with Crippen molar-refractivity contribution in [3.8, 4) is 10.6 Å². The van der Waals surface area contributed by atoms with E-state index in [-0.39, 0.29) is 11.6 Å². The monoisotopic (exact) mass is 461 g/mol. The van der Waals surface area contributed by atoms with Gasteiger partial charge in [0.2, 0.25) is 11.0 Å². The van der Waals surface area contributed by atoms with Gasteiger partial charge in [-0.25, -0.2) is 9.18 Å². The molecule has 0 unspecified atom stereocenters. The fourth-order valence-corrected chi connectivity index (χ4v) is 3.70. The molecule has 3 amide bonds. The number of rotatable bonds is 7. The van der Waals surface area contributed by atoms with Gasteiger partial charge >= 0.3 is 6.03 Å². The summed E-state index contributed by atoms with van der Waals surface area (Å²) in [5.74, 6) is -1.04. The maximum absolute atomic E-state index is 13.3. The second-order valence-electron chi connectivity index (χ2n) is 6.88. The molecule has 1 heterocycles. The van der Waals surface area contributed by atoms with Crippen molar-refractivity contribution >= 4 is 45.7 Å². The van der Waals surface area contributed by atoms with Crippen LogP contribution in [0.25, 0.3) is 10.6 Å². The number of anilines is 2. The van der Waals surface area contributed by atoms with Crippen molar-refractivity contribution in [1.29, 1.82) is 0 Å². The normalized spacial score (nSPS) is 12.6. The molecule has 0 aliphatic heterocycles.